The van der Waals surface area contributed by atoms with E-state index in [2.05, 4.69) is 0 Å². The third-order valence-electron chi connectivity index (χ3n) is 3.18. The Morgan fingerprint density at radius 3 is 2.07 bits per heavy atom. The lowest BCUT2D eigenvalue weighted by Gasteiger charge is -2.41. The fraction of sp³-hybridized carbons (Fsp3) is 0.455. The molecule has 3 heteroatoms. The molecule has 1 nitrogen and oxygen atoms in total. The van der Waals surface area contributed by atoms with Gasteiger partial charge in [0.2, 0.25) is 0 Å². The predicted octanol–water partition coefficient (Wildman–Crippen LogP) is 2.35. The van der Waals surface area contributed by atoms with Gasteiger partial charge in [0.15, 0.2) is 0 Å². The van der Waals surface area contributed by atoms with Gasteiger partial charge in [-0.15, -0.1) is 0 Å². The van der Waals surface area contributed by atoms with E-state index in [9.17, 15) is 8.78 Å². The minimum absolute atomic E-state index is 0.164. The van der Waals surface area contributed by atoms with Crippen LogP contribution in [0.2, 0.25) is 0 Å². The molecule has 1 saturated carbocycles. The summed E-state index contributed by atoms with van der Waals surface area (Å²) in [5, 5.41) is 0. The molecular weight excluding hydrogens is 184 g/mol. The minimum atomic E-state index is -0.514. The minimum Gasteiger partial charge on any atom is -0.330 e. The van der Waals surface area contributed by atoms with Crippen LogP contribution in [0.5, 0.6) is 0 Å². The standard InChI is InChI=1S/C11H13F2N/c12-9-4-8(5-10(13)6-9)11(7-14)2-1-3-11/h4-6H,1-3,7,14H2. The Kier molecular flexibility index (Phi) is 2.27. The maximum atomic E-state index is 13.0. The zero-order chi connectivity index (χ0) is 10.2. The summed E-state index contributed by atoms with van der Waals surface area (Å²) in [6, 6.07) is 3.69. The van der Waals surface area contributed by atoms with Crippen LogP contribution >= 0.6 is 0 Å². The van der Waals surface area contributed by atoms with E-state index in [-0.39, 0.29) is 5.41 Å². The van der Waals surface area contributed by atoms with Crippen molar-refractivity contribution in [3.63, 3.8) is 0 Å². The van der Waals surface area contributed by atoms with Gasteiger partial charge in [0.1, 0.15) is 11.6 Å². The van der Waals surface area contributed by atoms with Gasteiger partial charge in [0.25, 0.3) is 0 Å². The van der Waals surface area contributed by atoms with Gasteiger partial charge in [-0.05, 0) is 30.5 Å². The van der Waals surface area contributed by atoms with Crippen molar-refractivity contribution >= 4 is 0 Å². The van der Waals surface area contributed by atoms with E-state index in [1.54, 1.807) is 0 Å². The highest BCUT2D eigenvalue weighted by Gasteiger charge is 2.37. The summed E-state index contributed by atoms with van der Waals surface area (Å²) in [6.07, 6.45) is 2.97. The van der Waals surface area contributed by atoms with Crippen LogP contribution in [0.15, 0.2) is 18.2 Å². The Hall–Kier alpha value is -0.960. The molecule has 0 bridgehead atoms. The molecule has 1 fully saturated rings. The highest BCUT2D eigenvalue weighted by molar-refractivity contribution is 5.29. The Balaban J connectivity index is 2.39. The molecule has 14 heavy (non-hydrogen) atoms. The van der Waals surface area contributed by atoms with Crippen LogP contribution in [0.4, 0.5) is 8.78 Å². The number of hydrogen-bond acceptors (Lipinski definition) is 1. The van der Waals surface area contributed by atoms with Crippen molar-refractivity contribution in [2.24, 2.45) is 5.73 Å². The van der Waals surface area contributed by atoms with Crippen molar-refractivity contribution in [2.45, 2.75) is 24.7 Å². The van der Waals surface area contributed by atoms with Crippen LogP contribution in [0.25, 0.3) is 0 Å². The first-order valence-electron chi connectivity index (χ1n) is 4.83. The molecule has 0 radical (unpaired) electrons. The zero-order valence-electron chi connectivity index (χ0n) is 7.89. The van der Waals surface area contributed by atoms with Crippen molar-refractivity contribution in [3.8, 4) is 0 Å². The van der Waals surface area contributed by atoms with Gasteiger partial charge in [-0.3, -0.25) is 0 Å². The monoisotopic (exact) mass is 197 g/mol. The van der Waals surface area contributed by atoms with Gasteiger partial charge in [0.05, 0.1) is 0 Å². The molecule has 76 valence electrons. The average molecular weight is 197 g/mol. The quantitative estimate of drug-likeness (QED) is 0.773. The van der Waals surface area contributed by atoms with Crippen molar-refractivity contribution in [3.05, 3.63) is 35.4 Å². The van der Waals surface area contributed by atoms with Crippen LogP contribution < -0.4 is 5.73 Å². The lowest BCUT2D eigenvalue weighted by molar-refractivity contribution is 0.251. The Labute approximate surface area is 81.9 Å². The lowest BCUT2D eigenvalue weighted by atomic mass is 9.64. The Morgan fingerprint density at radius 1 is 1.14 bits per heavy atom. The highest BCUT2D eigenvalue weighted by Crippen LogP contribution is 2.43. The fourth-order valence-corrected chi connectivity index (χ4v) is 2.07. The van der Waals surface area contributed by atoms with Crippen molar-refractivity contribution < 1.29 is 8.78 Å². The van der Waals surface area contributed by atoms with Gasteiger partial charge < -0.3 is 5.73 Å². The smallest absolute Gasteiger partial charge is 0.126 e. The topological polar surface area (TPSA) is 26.0 Å². The molecule has 1 aromatic carbocycles. The normalized spacial score (nSPS) is 19.1. The molecule has 1 aliphatic rings. The molecule has 0 amide bonds. The first-order chi connectivity index (χ1) is 6.66. The summed E-state index contributed by atoms with van der Waals surface area (Å²) in [5.41, 5.74) is 6.20. The van der Waals surface area contributed by atoms with E-state index in [4.69, 9.17) is 5.73 Å². The van der Waals surface area contributed by atoms with E-state index in [1.807, 2.05) is 0 Å². The molecule has 0 saturated heterocycles. The van der Waals surface area contributed by atoms with Gasteiger partial charge in [-0.1, -0.05) is 6.42 Å². The first-order valence-corrected chi connectivity index (χ1v) is 4.83. The maximum absolute atomic E-state index is 13.0. The predicted molar refractivity (Wildman–Crippen MR) is 50.9 cm³/mol. The molecule has 2 N–H and O–H groups in total. The van der Waals surface area contributed by atoms with E-state index in [0.29, 0.717) is 12.1 Å². The second-order valence-electron chi connectivity index (χ2n) is 4.00. The Bertz CT molecular complexity index is 319. The molecule has 0 heterocycles. The summed E-state index contributed by atoms with van der Waals surface area (Å²) < 4.78 is 25.9. The first kappa shape index (κ1) is 9.59. The molecule has 0 aliphatic heterocycles. The second-order valence-corrected chi connectivity index (χ2v) is 4.00. The molecule has 1 aromatic rings. The van der Waals surface area contributed by atoms with Crippen LogP contribution in [0.1, 0.15) is 24.8 Å². The third kappa shape index (κ3) is 1.42. The number of nitrogens with two attached hydrogens (primary N) is 1. The molecule has 2 rings (SSSR count). The average Bonchev–Trinajstić information content (AvgIpc) is 2.01. The van der Waals surface area contributed by atoms with Gasteiger partial charge in [-0.25, -0.2) is 8.78 Å². The van der Waals surface area contributed by atoms with Gasteiger partial charge in [-0.2, -0.15) is 0 Å². The number of rotatable bonds is 2. The van der Waals surface area contributed by atoms with Crippen molar-refractivity contribution in [1.29, 1.82) is 0 Å². The van der Waals surface area contributed by atoms with Crippen LogP contribution in [0.3, 0.4) is 0 Å². The van der Waals surface area contributed by atoms with E-state index >= 15 is 0 Å². The molecule has 1 aliphatic carbocycles. The Morgan fingerprint density at radius 2 is 1.71 bits per heavy atom. The molecule has 0 atom stereocenters. The fourth-order valence-electron chi connectivity index (χ4n) is 2.07. The summed E-state index contributed by atoms with van der Waals surface area (Å²) in [6.45, 7) is 0.468. The SMILES string of the molecule is NCC1(c2cc(F)cc(F)c2)CCC1. The van der Waals surface area contributed by atoms with Crippen LogP contribution in [0, 0.1) is 11.6 Å². The van der Waals surface area contributed by atoms with Gasteiger partial charge >= 0.3 is 0 Å². The maximum Gasteiger partial charge on any atom is 0.126 e. The van der Waals surface area contributed by atoms with Crippen LogP contribution in [-0.4, -0.2) is 6.54 Å². The van der Waals surface area contributed by atoms with Crippen LogP contribution in [-0.2, 0) is 5.41 Å². The molecule has 0 spiro atoms. The summed E-state index contributed by atoms with van der Waals surface area (Å²) in [5.74, 6) is -1.03. The number of hydrogen-bond donors (Lipinski definition) is 1. The number of halogens is 2. The zero-order valence-corrected chi connectivity index (χ0v) is 7.89. The molecule has 0 unspecified atom stereocenters. The highest BCUT2D eigenvalue weighted by atomic mass is 19.1. The van der Waals surface area contributed by atoms with E-state index in [1.165, 1.54) is 12.1 Å². The summed E-state index contributed by atoms with van der Waals surface area (Å²) >= 11 is 0. The third-order valence-corrected chi connectivity index (χ3v) is 3.18. The number of benzene rings is 1. The lowest BCUT2D eigenvalue weighted by Crippen LogP contribution is -2.41. The summed E-state index contributed by atoms with van der Waals surface area (Å²) in [7, 11) is 0. The van der Waals surface area contributed by atoms with E-state index in [0.717, 1.165) is 25.3 Å². The summed E-state index contributed by atoms with van der Waals surface area (Å²) in [4.78, 5) is 0. The molecular formula is C11H13F2N. The molecule has 0 aromatic heterocycles. The largest absolute Gasteiger partial charge is 0.330 e. The second kappa shape index (κ2) is 3.31. The van der Waals surface area contributed by atoms with Crippen molar-refractivity contribution in [1.82, 2.24) is 0 Å². The van der Waals surface area contributed by atoms with Crippen molar-refractivity contribution in [2.75, 3.05) is 6.54 Å². The van der Waals surface area contributed by atoms with E-state index < -0.39 is 11.6 Å². The van der Waals surface area contributed by atoms with Gasteiger partial charge in [0, 0.05) is 18.0 Å².